The molecule has 0 spiro atoms. The van der Waals surface area contributed by atoms with Gasteiger partial charge in [-0.15, -0.1) is 0 Å². The van der Waals surface area contributed by atoms with E-state index in [0.717, 1.165) is 11.1 Å². The molecule has 0 aliphatic heterocycles. The van der Waals surface area contributed by atoms with Gasteiger partial charge < -0.3 is 0 Å². The third-order valence-electron chi connectivity index (χ3n) is 1.95. The van der Waals surface area contributed by atoms with E-state index in [2.05, 4.69) is 17.5 Å². The van der Waals surface area contributed by atoms with Gasteiger partial charge in [0.1, 0.15) is 0 Å². The van der Waals surface area contributed by atoms with Gasteiger partial charge in [0, 0.05) is 5.56 Å². The van der Waals surface area contributed by atoms with Gasteiger partial charge in [0.25, 0.3) is 5.91 Å². The lowest BCUT2D eigenvalue weighted by Crippen LogP contribution is -2.14. The van der Waals surface area contributed by atoms with Crippen LogP contribution in [0.4, 0.5) is 0 Å². The lowest BCUT2D eigenvalue weighted by Gasteiger charge is -2.05. The van der Waals surface area contributed by atoms with Gasteiger partial charge in [-0.1, -0.05) is 24.9 Å². The highest BCUT2D eigenvalue weighted by molar-refractivity contribution is 7.78. The van der Waals surface area contributed by atoms with Crippen LogP contribution in [0.15, 0.2) is 18.2 Å². The second-order valence-electron chi connectivity index (χ2n) is 2.69. The topological polar surface area (TPSA) is 29.1 Å². The number of carbonyl (C=O) groups is 1. The maximum absolute atomic E-state index is 11.2. The second-order valence-corrected chi connectivity index (χ2v) is 2.91. The highest BCUT2D eigenvalue weighted by Crippen LogP contribution is 2.12. The van der Waals surface area contributed by atoms with Gasteiger partial charge >= 0.3 is 0 Å². The molecule has 1 rings (SSSR count). The molecule has 0 unspecified atom stereocenters. The summed E-state index contributed by atoms with van der Waals surface area (Å²) in [6.45, 7) is 3.90. The number of carbonyl (C=O) groups excluding carboxylic acids is 1. The van der Waals surface area contributed by atoms with E-state index in [1.807, 2.05) is 26.0 Å². The highest BCUT2D eigenvalue weighted by Gasteiger charge is 2.07. The van der Waals surface area contributed by atoms with Crippen LogP contribution in [0.1, 0.15) is 21.5 Å². The lowest BCUT2D eigenvalue weighted by molar-refractivity contribution is 0.0984. The minimum absolute atomic E-state index is 0.153. The second kappa shape index (κ2) is 3.63. The molecule has 0 fully saturated rings. The number of rotatable bonds is 1. The number of amides is 1. The molecule has 0 aromatic heterocycles. The summed E-state index contributed by atoms with van der Waals surface area (Å²) < 4.78 is 2.30. The number of aryl methyl sites for hydroxylation is 1. The molecule has 0 radical (unpaired) electrons. The predicted octanol–water partition coefficient (Wildman–Crippen LogP) is 1.88. The van der Waals surface area contributed by atoms with Gasteiger partial charge in [-0.25, -0.2) is 0 Å². The summed E-state index contributed by atoms with van der Waals surface area (Å²) in [5.41, 5.74) is 2.80. The maximum atomic E-state index is 11.2. The monoisotopic (exact) mass is 181 g/mol. The average molecular weight is 181 g/mol. The molecular formula is C9H11NOS. The summed E-state index contributed by atoms with van der Waals surface area (Å²) >= 11 is 3.71. The minimum Gasteiger partial charge on any atom is -0.299 e. The van der Waals surface area contributed by atoms with Crippen molar-refractivity contribution in [2.45, 2.75) is 13.8 Å². The number of thiol groups is 1. The van der Waals surface area contributed by atoms with Crippen LogP contribution in [0, 0.1) is 13.8 Å². The van der Waals surface area contributed by atoms with Crippen molar-refractivity contribution in [3.05, 3.63) is 34.9 Å². The van der Waals surface area contributed by atoms with Crippen molar-refractivity contribution in [3.63, 3.8) is 0 Å². The number of hydrogen-bond donors (Lipinski definition) is 2. The van der Waals surface area contributed by atoms with Crippen molar-refractivity contribution >= 4 is 18.7 Å². The van der Waals surface area contributed by atoms with Crippen molar-refractivity contribution < 1.29 is 4.79 Å². The Labute approximate surface area is 77.5 Å². The summed E-state index contributed by atoms with van der Waals surface area (Å²) in [6, 6.07) is 5.62. The van der Waals surface area contributed by atoms with E-state index in [0.29, 0.717) is 5.56 Å². The molecule has 1 aromatic carbocycles. The molecule has 1 N–H and O–H groups in total. The summed E-state index contributed by atoms with van der Waals surface area (Å²) in [5, 5.41) is 0. The van der Waals surface area contributed by atoms with Crippen LogP contribution in [0.2, 0.25) is 0 Å². The Bertz CT molecular complexity index is 309. The normalized spacial score (nSPS) is 9.58. The molecule has 2 nitrogen and oxygen atoms in total. The molecule has 3 heteroatoms. The Morgan fingerprint density at radius 3 is 2.67 bits per heavy atom. The molecule has 0 bridgehead atoms. The van der Waals surface area contributed by atoms with Gasteiger partial charge in [0.2, 0.25) is 0 Å². The number of nitrogens with one attached hydrogen (secondary N) is 1. The fraction of sp³-hybridized carbons (Fsp3) is 0.222. The Balaban J connectivity index is 3.16. The zero-order valence-corrected chi connectivity index (χ0v) is 7.98. The van der Waals surface area contributed by atoms with Crippen LogP contribution in [0.3, 0.4) is 0 Å². The Hall–Kier alpha value is -0.960. The zero-order chi connectivity index (χ0) is 9.14. The van der Waals surface area contributed by atoms with Crippen LogP contribution in [0.5, 0.6) is 0 Å². The van der Waals surface area contributed by atoms with Crippen LogP contribution >= 0.6 is 12.8 Å². The first-order chi connectivity index (χ1) is 5.66. The number of benzene rings is 1. The molecule has 0 atom stereocenters. The van der Waals surface area contributed by atoms with E-state index >= 15 is 0 Å². The fourth-order valence-corrected chi connectivity index (χ4v) is 1.18. The summed E-state index contributed by atoms with van der Waals surface area (Å²) in [4.78, 5) is 11.2. The van der Waals surface area contributed by atoms with Crippen molar-refractivity contribution in [2.75, 3.05) is 0 Å². The first-order valence-electron chi connectivity index (χ1n) is 3.67. The zero-order valence-electron chi connectivity index (χ0n) is 7.09. The van der Waals surface area contributed by atoms with E-state index in [1.165, 1.54) is 0 Å². The summed E-state index contributed by atoms with van der Waals surface area (Å²) in [6.07, 6.45) is 0. The van der Waals surface area contributed by atoms with Gasteiger partial charge in [-0.3, -0.25) is 9.52 Å². The van der Waals surface area contributed by atoms with Crippen LogP contribution in [-0.4, -0.2) is 5.91 Å². The van der Waals surface area contributed by atoms with E-state index < -0.39 is 0 Å². The highest BCUT2D eigenvalue weighted by atomic mass is 32.1. The summed E-state index contributed by atoms with van der Waals surface area (Å²) in [7, 11) is 0. The van der Waals surface area contributed by atoms with Gasteiger partial charge in [-0.05, 0) is 31.0 Å². The van der Waals surface area contributed by atoms with Crippen LogP contribution in [0.25, 0.3) is 0 Å². The maximum Gasteiger partial charge on any atom is 0.261 e. The number of hydrogen-bond acceptors (Lipinski definition) is 2. The van der Waals surface area contributed by atoms with Crippen LogP contribution in [-0.2, 0) is 0 Å². The van der Waals surface area contributed by atoms with Crippen LogP contribution < -0.4 is 4.72 Å². The standard InChI is InChI=1S/C9H11NOS/c1-6-4-3-5-8(7(6)2)9(11)10-12/h3-5,12H,1-2H3,(H,10,11). The van der Waals surface area contributed by atoms with Crippen molar-refractivity contribution in [1.82, 2.24) is 4.72 Å². The Morgan fingerprint density at radius 1 is 1.42 bits per heavy atom. The third-order valence-corrected chi connectivity index (χ3v) is 2.15. The minimum atomic E-state index is -0.153. The SMILES string of the molecule is Cc1cccc(C(=O)NS)c1C. The van der Waals surface area contributed by atoms with Crippen molar-refractivity contribution in [2.24, 2.45) is 0 Å². The molecule has 0 saturated carbocycles. The first kappa shape index (κ1) is 9.13. The molecule has 0 saturated heterocycles. The molecule has 0 heterocycles. The van der Waals surface area contributed by atoms with Gasteiger partial charge in [-0.2, -0.15) is 0 Å². The third kappa shape index (κ3) is 1.61. The molecular weight excluding hydrogens is 170 g/mol. The smallest absolute Gasteiger partial charge is 0.261 e. The first-order valence-corrected chi connectivity index (χ1v) is 4.12. The van der Waals surface area contributed by atoms with E-state index in [-0.39, 0.29) is 5.91 Å². The largest absolute Gasteiger partial charge is 0.299 e. The summed E-state index contributed by atoms with van der Waals surface area (Å²) in [5.74, 6) is -0.153. The molecule has 1 amide bonds. The van der Waals surface area contributed by atoms with Gasteiger partial charge in [0.15, 0.2) is 0 Å². The van der Waals surface area contributed by atoms with Crippen molar-refractivity contribution in [3.8, 4) is 0 Å². The molecule has 64 valence electrons. The predicted molar refractivity (Wildman–Crippen MR) is 52.4 cm³/mol. The Morgan fingerprint density at radius 2 is 2.08 bits per heavy atom. The van der Waals surface area contributed by atoms with Crippen molar-refractivity contribution in [1.29, 1.82) is 0 Å². The molecule has 12 heavy (non-hydrogen) atoms. The average Bonchev–Trinajstić information content (AvgIpc) is 2.08. The molecule has 0 aliphatic rings. The molecule has 0 aliphatic carbocycles. The van der Waals surface area contributed by atoms with E-state index in [9.17, 15) is 4.79 Å². The van der Waals surface area contributed by atoms with E-state index in [1.54, 1.807) is 6.07 Å². The lowest BCUT2D eigenvalue weighted by atomic mass is 10.0. The van der Waals surface area contributed by atoms with E-state index in [4.69, 9.17) is 0 Å². The quantitative estimate of drug-likeness (QED) is 0.636. The fourth-order valence-electron chi connectivity index (χ4n) is 1.06. The Kier molecular flexibility index (Phi) is 2.76. The van der Waals surface area contributed by atoms with Gasteiger partial charge in [0.05, 0.1) is 0 Å². The molecule has 1 aromatic rings.